The molecular weight excluding hydrogens is 301 g/mol. The maximum Gasteiger partial charge on any atom is 0.234 e. The summed E-state index contributed by atoms with van der Waals surface area (Å²) >= 11 is 1.03. The standard InChI is InChI=1S/C14H11F3N2OS/c15-9-2-1-3-10(16)14(9)19-13(20)7-21-8-4-5-12(18)11(17)6-8/h1-6H,7,18H2,(H,19,20). The predicted octanol–water partition coefficient (Wildman–Crippen LogP) is 3.42. The van der Waals surface area contributed by atoms with Crippen LogP contribution < -0.4 is 11.1 Å². The summed E-state index contributed by atoms with van der Waals surface area (Å²) in [6, 6.07) is 7.41. The van der Waals surface area contributed by atoms with Gasteiger partial charge in [-0.05, 0) is 30.3 Å². The van der Waals surface area contributed by atoms with Crippen molar-refractivity contribution in [1.82, 2.24) is 0 Å². The Morgan fingerprint density at radius 3 is 2.38 bits per heavy atom. The van der Waals surface area contributed by atoms with Gasteiger partial charge in [0, 0.05) is 4.90 Å². The number of hydrogen-bond donors (Lipinski definition) is 2. The highest BCUT2D eigenvalue weighted by Crippen LogP contribution is 2.23. The molecule has 0 fully saturated rings. The average molecular weight is 312 g/mol. The number of nitrogens with one attached hydrogen (secondary N) is 1. The molecule has 0 aliphatic carbocycles. The van der Waals surface area contributed by atoms with Gasteiger partial charge >= 0.3 is 0 Å². The number of amides is 1. The first kappa shape index (κ1) is 15.2. The molecule has 110 valence electrons. The normalized spacial score (nSPS) is 10.4. The number of carbonyl (C=O) groups excluding carboxylic acids is 1. The van der Waals surface area contributed by atoms with Crippen molar-refractivity contribution in [3.05, 3.63) is 53.8 Å². The lowest BCUT2D eigenvalue weighted by Gasteiger charge is -2.07. The number of nitrogen functional groups attached to an aromatic ring is 1. The number of rotatable bonds is 4. The van der Waals surface area contributed by atoms with E-state index in [4.69, 9.17) is 5.73 Å². The maximum atomic E-state index is 13.3. The number of anilines is 2. The monoisotopic (exact) mass is 312 g/mol. The Hall–Kier alpha value is -2.15. The van der Waals surface area contributed by atoms with E-state index in [1.165, 1.54) is 18.2 Å². The number of halogens is 3. The van der Waals surface area contributed by atoms with Crippen molar-refractivity contribution in [2.45, 2.75) is 4.90 Å². The molecule has 1 amide bonds. The molecule has 0 unspecified atom stereocenters. The molecule has 0 aromatic heterocycles. The van der Waals surface area contributed by atoms with E-state index in [1.807, 2.05) is 0 Å². The first-order valence-electron chi connectivity index (χ1n) is 5.89. The van der Waals surface area contributed by atoms with E-state index in [2.05, 4.69) is 5.32 Å². The zero-order valence-electron chi connectivity index (χ0n) is 10.7. The summed E-state index contributed by atoms with van der Waals surface area (Å²) in [7, 11) is 0. The van der Waals surface area contributed by atoms with Crippen molar-refractivity contribution >= 4 is 29.0 Å². The highest BCUT2D eigenvalue weighted by Gasteiger charge is 2.12. The quantitative estimate of drug-likeness (QED) is 0.672. The number of nitrogens with two attached hydrogens (primary N) is 1. The van der Waals surface area contributed by atoms with Gasteiger partial charge in [-0.3, -0.25) is 4.79 Å². The van der Waals surface area contributed by atoms with Gasteiger partial charge in [-0.2, -0.15) is 0 Å². The Morgan fingerprint density at radius 2 is 1.76 bits per heavy atom. The molecule has 3 nitrogen and oxygen atoms in total. The molecule has 0 bridgehead atoms. The number of carbonyl (C=O) groups is 1. The average Bonchev–Trinajstić information content (AvgIpc) is 2.44. The summed E-state index contributed by atoms with van der Waals surface area (Å²) in [4.78, 5) is 12.1. The lowest BCUT2D eigenvalue weighted by Crippen LogP contribution is -2.16. The van der Waals surface area contributed by atoms with Crippen LogP contribution >= 0.6 is 11.8 Å². The van der Waals surface area contributed by atoms with Crippen LogP contribution in [0.2, 0.25) is 0 Å². The van der Waals surface area contributed by atoms with Crippen LogP contribution in [0.3, 0.4) is 0 Å². The fourth-order valence-electron chi connectivity index (χ4n) is 1.54. The highest BCUT2D eigenvalue weighted by atomic mass is 32.2. The minimum atomic E-state index is -0.855. The molecule has 0 radical (unpaired) electrons. The van der Waals surface area contributed by atoms with E-state index in [0.29, 0.717) is 4.90 Å². The summed E-state index contributed by atoms with van der Waals surface area (Å²) in [6.45, 7) is 0. The van der Waals surface area contributed by atoms with Crippen molar-refractivity contribution < 1.29 is 18.0 Å². The molecule has 2 rings (SSSR count). The third kappa shape index (κ3) is 3.91. The first-order chi connectivity index (χ1) is 9.97. The van der Waals surface area contributed by atoms with Gasteiger partial charge in [0.1, 0.15) is 23.1 Å². The molecule has 0 aliphatic heterocycles. The Morgan fingerprint density at radius 1 is 1.10 bits per heavy atom. The second-order valence-corrected chi connectivity index (χ2v) is 5.17. The van der Waals surface area contributed by atoms with E-state index in [1.54, 1.807) is 6.07 Å². The summed E-state index contributed by atoms with van der Waals surface area (Å²) in [5, 5.41) is 2.15. The zero-order valence-corrected chi connectivity index (χ0v) is 11.5. The molecule has 0 spiro atoms. The molecule has 21 heavy (non-hydrogen) atoms. The largest absolute Gasteiger partial charge is 0.396 e. The minimum Gasteiger partial charge on any atom is -0.396 e. The smallest absolute Gasteiger partial charge is 0.234 e. The maximum absolute atomic E-state index is 13.3. The fraction of sp³-hybridized carbons (Fsp3) is 0.0714. The molecule has 0 aliphatic rings. The summed E-state index contributed by atoms with van der Waals surface area (Å²) < 4.78 is 39.9. The Kier molecular flexibility index (Phi) is 4.74. The van der Waals surface area contributed by atoms with Gasteiger partial charge in [-0.15, -0.1) is 11.8 Å². The Bertz CT molecular complexity index is 659. The molecule has 0 heterocycles. The van der Waals surface area contributed by atoms with Crippen LogP contribution in [0.4, 0.5) is 24.5 Å². The number of para-hydroxylation sites is 1. The van der Waals surface area contributed by atoms with Crippen molar-refractivity contribution in [2.24, 2.45) is 0 Å². The third-order valence-corrected chi connectivity index (χ3v) is 3.56. The van der Waals surface area contributed by atoms with Crippen LogP contribution in [-0.4, -0.2) is 11.7 Å². The molecule has 2 aromatic carbocycles. The lowest BCUT2D eigenvalue weighted by molar-refractivity contribution is -0.113. The van der Waals surface area contributed by atoms with Crippen LogP contribution in [0.1, 0.15) is 0 Å². The van der Waals surface area contributed by atoms with E-state index in [0.717, 1.165) is 23.9 Å². The lowest BCUT2D eigenvalue weighted by atomic mass is 10.3. The van der Waals surface area contributed by atoms with E-state index >= 15 is 0 Å². The number of hydrogen-bond acceptors (Lipinski definition) is 3. The fourth-order valence-corrected chi connectivity index (χ4v) is 2.26. The third-order valence-electron chi connectivity index (χ3n) is 2.57. The van der Waals surface area contributed by atoms with Gasteiger partial charge in [0.05, 0.1) is 11.4 Å². The Balaban J connectivity index is 1.97. The SMILES string of the molecule is Nc1ccc(SCC(=O)Nc2c(F)cccc2F)cc1F. The second-order valence-electron chi connectivity index (χ2n) is 4.12. The Labute approximate surface area is 123 Å². The van der Waals surface area contributed by atoms with E-state index < -0.39 is 29.0 Å². The van der Waals surface area contributed by atoms with Crippen LogP contribution in [-0.2, 0) is 4.79 Å². The predicted molar refractivity (Wildman–Crippen MR) is 76.5 cm³/mol. The number of benzene rings is 2. The van der Waals surface area contributed by atoms with Crippen molar-refractivity contribution in [2.75, 3.05) is 16.8 Å². The van der Waals surface area contributed by atoms with E-state index in [-0.39, 0.29) is 11.4 Å². The van der Waals surface area contributed by atoms with Crippen molar-refractivity contribution in [1.29, 1.82) is 0 Å². The van der Waals surface area contributed by atoms with Crippen LogP contribution in [0.5, 0.6) is 0 Å². The molecule has 0 saturated carbocycles. The van der Waals surface area contributed by atoms with Gasteiger partial charge in [-0.1, -0.05) is 6.07 Å². The molecule has 3 N–H and O–H groups in total. The molecule has 7 heteroatoms. The minimum absolute atomic E-state index is 0.0113. The summed E-state index contributed by atoms with van der Waals surface area (Å²) in [5.41, 5.74) is 4.85. The first-order valence-corrected chi connectivity index (χ1v) is 6.87. The van der Waals surface area contributed by atoms with Gasteiger partial charge in [0.2, 0.25) is 5.91 Å². The van der Waals surface area contributed by atoms with Crippen molar-refractivity contribution in [3.8, 4) is 0 Å². The van der Waals surface area contributed by atoms with Crippen molar-refractivity contribution in [3.63, 3.8) is 0 Å². The van der Waals surface area contributed by atoms with Gasteiger partial charge in [-0.25, -0.2) is 13.2 Å². The molecule has 0 atom stereocenters. The summed E-state index contributed by atoms with van der Waals surface area (Å²) in [5.74, 6) is -3.00. The summed E-state index contributed by atoms with van der Waals surface area (Å²) in [6.07, 6.45) is 0. The molecule has 2 aromatic rings. The zero-order chi connectivity index (χ0) is 15.4. The topological polar surface area (TPSA) is 55.1 Å². The van der Waals surface area contributed by atoms with E-state index in [9.17, 15) is 18.0 Å². The highest BCUT2D eigenvalue weighted by molar-refractivity contribution is 8.00. The van der Waals surface area contributed by atoms with Crippen LogP contribution in [0.15, 0.2) is 41.3 Å². The van der Waals surface area contributed by atoms with Crippen LogP contribution in [0.25, 0.3) is 0 Å². The van der Waals surface area contributed by atoms with Gasteiger partial charge in [0.25, 0.3) is 0 Å². The second kappa shape index (κ2) is 6.53. The number of thioether (sulfide) groups is 1. The van der Waals surface area contributed by atoms with Crippen LogP contribution in [0, 0.1) is 17.5 Å². The molecule has 0 saturated heterocycles. The van der Waals surface area contributed by atoms with Gasteiger partial charge < -0.3 is 11.1 Å². The van der Waals surface area contributed by atoms with Gasteiger partial charge in [0.15, 0.2) is 0 Å². The molecular formula is C14H11F3N2OS.